The number of hydrogen-bond acceptors (Lipinski definition) is 4. The lowest BCUT2D eigenvalue weighted by Gasteiger charge is -2.37. The van der Waals surface area contributed by atoms with Crippen LogP contribution in [-0.2, 0) is 6.54 Å². The number of rotatable bonds is 8. The molecular formula is C32H39N5O. The predicted octanol–water partition coefficient (Wildman–Crippen LogP) is 5.92. The van der Waals surface area contributed by atoms with Gasteiger partial charge in [-0.2, -0.15) is 5.10 Å². The summed E-state index contributed by atoms with van der Waals surface area (Å²) in [6.45, 7) is 14.1. The van der Waals surface area contributed by atoms with Gasteiger partial charge < -0.3 is 14.7 Å². The summed E-state index contributed by atoms with van der Waals surface area (Å²) < 4.78 is 2.08. The normalized spacial score (nSPS) is 15.1. The van der Waals surface area contributed by atoms with E-state index in [4.69, 9.17) is 5.10 Å². The molecule has 2 heterocycles. The molecule has 38 heavy (non-hydrogen) atoms. The highest BCUT2D eigenvalue weighted by atomic mass is 16.2. The molecule has 0 radical (unpaired) electrons. The van der Waals surface area contributed by atoms with E-state index < -0.39 is 0 Å². The topological polar surface area (TPSA) is 44.6 Å². The number of anilines is 1. The molecule has 0 bridgehead atoms. The zero-order valence-electron chi connectivity index (χ0n) is 23.1. The van der Waals surface area contributed by atoms with E-state index in [1.165, 1.54) is 0 Å². The van der Waals surface area contributed by atoms with E-state index >= 15 is 0 Å². The Labute approximate surface area is 226 Å². The molecule has 4 aromatic rings. The van der Waals surface area contributed by atoms with E-state index in [9.17, 15) is 4.79 Å². The van der Waals surface area contributed by atoms with Gasteiger partial charge in [0, 0.05) is 43.3 Å². The number of carbonyl (C=O) groups is 1. The highest BCUT2D eigenvalue weighted by Gasteiger charge is 2.29. The van der Waals surface area contributed by atoms with E-state index in [1.807, 2.05) is 35.2 Å². The van der Waals surface area contributed by atoms with Crippen LogP contribution < -0.4 is 4.90 Å². The minimum atomic E-state index is 0.0683. The van der Waals surface area contributed by atoms with E-state index in [2.05, 4.69) is 84.6 Å². The molecule has 5 rings (SSSR count). The fourth-order valence-electron chi connectivity index (χ4n) is 5.39. The third kappa shape index (κ3) is 5.18. The van der Waals surface area contributed by atoms with Crippen LogP contribution in [0.5, 0.6) is 0 Å². The van der Waals surface area contributed by atoms with Crippen LogP contribution in [0.2, 0.25) is 0 Å². The summed E-state index contributed by atoms with van der Waals surface area (Å²) in [5.74, 6) is 1.18. The minimum absolute atomic E-state index is 0.0683. The number of hydrogen-bond donors (Lipinski definition) is 0. The largest absolute Gasteiger partial charge is 0.354 e. The number of aryl methyl sites for hydroxylation is 1. The molecule has 0 saturated carbocycles. The van der Waals surface area contributed by atoms with Gasteiger partial charge in [-0.3, -0.25) is 4.79 Å². The Morgan fingerprint density at radius 2 is 1.61 bits per heavy atom. The summed E-state index contributed by atoms with van der Waals surface area (Å²) >= 11 is 0. The van der Waals surface area contributed by atoms with Crippen molar-refractivity contribution < 1.29 is 4.79 Å². The molecule has 0 aliphatic carbocycles. The van der Waals surface area contributed by atoms with Gasteiger partial charge in [0.05, 0.1) is 17.9 Å². The standard InChI is InChI=1S/C32H39N5O/c1-5-24(3)36(32(38)28-17-16-26-12-10-11-13-27(26)22-28)23-30-25(4)33-37(29-14-8-7-9-15-29)31(30)35-20-18-34(6-2)19-21-35/h7-17,22,24H,5-6,18-21,23H2,1-4H3. The summed E-state index contributed by atoms with van der Waals surface area (Å²) in [7, 11) is 0. The van der Waals surface area contributed by atoms with E-state index in [-0.39, 0.29) is 11.9 Å². The smallest absolute Gasteiger partial charge is 0.254 e. The third-order valence-corrected chi connectivity index (χ3v) is 7.99. The summed E-state index contributed by atoms with van der Waals surface area (Å²) in [6, 6.07) is 24.7. The number of piperazine rings is 1. The quantitative estimate of drug-likeness (QED) is 0.296. The first-order valence-electron chi connectivity index (χ1n) is 13.9. The monoisotopic (exact) mass is 509 g/mol. The number of benzene rings is 3. The molecule has 1 aliphatic rings. The Morgan fingerprint density at radius 1 is 0.921 bits per heavy atom. The Morgan fingerprint density at radius 3 is 2.29 bits per heavy atom. The van der Waals surface area contributed by atoms with Gasteiger partial charge in [-0.1, -0.05) is 62.4 Å². The number of para-hydroxylation sites is 1. The van der Waals surface area contributed by atoms with Crippen LogP contribution in [-0.4, -0.2) is 64.3 Å². The van der Waals surface area contributed by atoms with Gasteiger partial charge in [0.1, 0.15) is 5.82 Å². The van der Waals surface area contributed by atoms with E-state index in [1.54, 1.807) is 0 Å². The van der Waals surface area contributed by atoms with Crippen molar-refractivity contribution in [3.8, 4) is 5.69 Å². The van der Waals surface area contributed by atoms with E-state index in [0.29, 0.717) is 6.54 Å². The SMILES string of the molecule is CCC(C)N(Cc1c(C)nn(-c2ccccc2)c1N1CCN(CC)CC1)C(=O)c1ccc2ccccc2c1. The van der Waals surface area contributed by atoms with Crippen molar-refractivity contribution in [3.63, 3.8) is 0 Å². The van der Waals surface area contributed by atoms with Gasteiger partial charge in [-0.15, -0.1) is 0 Å². The summed E-state index contributed by atoms with van der Waals surface area (Å²) in [4.78, 5) is 21.0. The molecule has 1 unspecified atom stereocenters. The van der Waals surface area contributed by atoms with E-state index in [0.717, 1.165) is 78.2 Å². The molecular weight excluding hydrogens is 470 g/mol. The maximum Gasteiger partial charge on any atom is 0.254 e. The molecule has 1 aromatic heterocycles. The Bertz CT molecular complexity index is 1390. The van der Waals surface area contributed by atoms with Crippen molar-refractivity contribution in [1.82, 2.24) is 19.6 Å². The average molecular weight is 510 g/mol. The van der Waals surface area contributed by atoms with Crippen LogP contribution in [0, 0.1) is 6.92 Å². The predicted molar refractivity (Wildman–Crippen MR) is 156 cm³/mol. The number of nitrogens with zero attached hydrogens (tertiary/aromatic N) is 5. The fourth-order valence-corrected chi connectivity index (χ4v) is 5.39. The molecule has 6 heteroatoms. The van der Waals surface area contributed by atoms with Crippen molar-refractivity contribution >= 4 is 22.5 Å². The van der Waals surface area contributed by atoms with Gasteiger partial charge in [0.15, 0.2) is 0 Å². The molecule has 1 atom stereocenters. The molecule has 3 aromatic carbocycles. The van der Waals surface area contributed by atoms with Crippen LogP contribution in [0.15, 0.2) is 72.8 Å². The lowest BCUT2D eigenvalue weighted by atomic mass is 10.0. The molecule has 198 valence electrons. The Hall–Kier alpha value is -3.64. The van der Waals surface area contributed by atoms with Crippen LogP contribution >= 0.6 is 0 Å². The van der Waals surface area contributed by atoms with Crippen molar-refractivity contribution in [2.45, 2.75) is 46.7 Å². The van der Waals surface area contributed by atoms with Gasteiger partial charge in [0.2, 0.25) is 0 Å². The lowest BCUT2D eigenvalue weighted by Crippen LogP contribution is -2.47. The van der Waals surface area contributed by atoms with Crippen molar-refractivity contribution in [3.05, 3.63) is 89.6 Å². The fraction of sp³-hybridized carbons (Fsp3) is 0.375. The lowest BCUT2D eigenvalue weighted by molar-refractivity contribution is 0.0671. The highest BCUT2D eigenvalue weighted by Crippen LogP contribution is 2.31. The van der Waals surface area contributed by atoms with Gasteiger partial charge >= 0.3 is 0 Å². The second kappa shape index (κ2) is 11.4. The first-order valence-corrected chi connectivity index (χ1v) is 13.9. The Kier molecular flexibility index (Phi) is 7.79. The molecule has 1 saturated heterocycles. The second-order valence-corrected chi connectivity index (χ2v) is 10.3. The molecule has 6 nitrogen and oxygen atoms in total. The van der Waals surface area contributed by atoms with Gasteiger partial charge in [-0.05, 0) is 61.9 Å². The first-order chi connectivity index (χ1) is 18.5. The third-order valence-electron chi connectivity index (χ3n) is 7.99. The maximum atomic E-state index is 14.0. The minimum Gasteiger partial charge on any atom is -0.354 e. The number of aromatic nitrogens is 2. The van der Waals surface area contributed by atoms with Crippen molar-refractivity contribution in [2.24, 2.45) is 0 Å². The maximum absolute atomic E-state index is 14.0. The first kappa shape index (κ1) is 26.0. The Balaban J connectivity index is 1.54. The molecule has 1 aliphatic heterocycles. The van der Waals surface area contributed by atoms with Crippen LogP contribution in [0.3, 0.4) is 0 Å². The van der Waals surface area contributed by atoms with Gasteiger partial charge in [0.25, 0.3) is 5.91 Å². The summed E-state index contributed by atoms with van der Waals surface area (Å²) in [6.07, 6.45) is 0.885. The van der Waals surface area contributed by atoms with Crippen molar-refractivity contribution in [1.29, 1.82) is 0 Å². The van der Waals surface area contributed by atoms with Gasteiger partial charge in [-0.25, -0.2) is 4.68 Å². The molecule has 0 N–H and O–H groups in total. The molecule has 1 fully saturated rings. The second-order valence-electron chi connectivity index (χ2n) is 10.3. The number of fused-ring (bicyclic) bond motifs is 1. The number of likely N-dealkylation sites (N-methyl/N-ethyl adjacent to an activating group) is 1. The van der Waals surface area contributed by atoms with Crippen molar-refractivity contribution in [2.75, 3.05) is 37.6 Å². The number of amides is 1. The van der Waals surface area contributed by atoms with Crippen LogP contribution in [0.1, 0.15) is 48.8 Å². The molecule has 0 spiro atoms. The summed E-state index contributed by atoms with van der Waals surface area (Å²) in [5, 5.41) is 7.26. The molecule has 1 amide bonds. The zero-order valence-corrected chi connectivity index (χ0v) is 23.1. The zero-order chi connectivity index (χ0) is 26.6. The van der Waals surface area contributed by atoms with Crippen LogP contribution in [0.25, 0.3) is 16.5 Å². The van der Waals surface area contributed by atoms with Crippen LogP contribution in [0.4, 0.5) is 5.82 Å². The highest BCUT2D eigenvalue weighted by molar-refractivity contribution is 5.98. The summed E-state index contributed by atoms with van der Waals surface area (Å²) in [5.41, 5.74) is 3.88. The number of carbonyl (C=O) groups excluding carboxylic acids is 1. The average Bonchev–Trinajstić information content (AvgIpc) is 3.30.